The predicted octanol–water partition coefficient (Wildman–Crippen LogP) is 0.889. The van der Waals surface area contributed by atoms with Crippen LogP contribution in [0.2, 0.25) is 0 Å². The SMILES string of the molecule is Cl.N=C(N)c1ccc(NCC(=O)O)cc1. The molecule has 0 bridgehead atoms. The maximum Gasteiger partial charge on any atom is 0.322 e. The normalized spacial score (nSPS) is 8.80. The maximum atomic E-state index is 10.2. The number of carboxylic acid groups (broad SMARTS) is 1. The quantitative estimate of drug-likeness (QED) is 0.455. The Balaban J connectivity index is 0.00000196. The lowest BCUT2D eigenvalue weighted by Gasteiger charge is -2.03. The molecule has 15 heavy (non-hydrogen) atoms. The highest BCUT2D eigenvalue weighted by Gasteiger charge is 1.98. The summed E-state index contributed by atoms with van der Waals surface area (Å²) < 4.78 is 0. The predicted molar refractivity (Wildman–Crippen MR) is 60.8 cm³/mol. The van der Waals surface area contributed by atoms with Gasteiger partial charge in [-0.3, -0.25) is 10.2 Å². The number of amidine groups is 1. The first-order valence-electron chi connectivity index (χ1n) is 3.99. The first kappa shape index (κ1) is 13.2. The van der Waals surface area contributed by atoms with Crippen LogP contribution in [-0.4, -0.2) is 23.5 Å². The number of nitrogens with two attached hydrogens (primary N) is 1. The molecule has 6 heteroatoms. The van der Waals surface area contributed by atoms with Gasteiger partial charge in [-0.2, -0.15) is 0 Å². The van der Waals surface area contributed by atoms with Crippen molar-refractivity contribution in [3.63, 3.8) is 0 Å². The molecular weight excluding hydrogens is 218 g/mol. The number of nitrogens with one attached hydrogen (secondary N) is 2. The summed E-state index contributed by atoms with van der Waals surface area (Å²) in [5, 5.41) is 18.2. The number of carboxylic acids is 1. The summed E-state index contributed by atoms with van der Waals surface area (Å²) in [5.74, 6) is -0.921. The molecule has 0 radical (unpaired) electrons. The van der Waals surface area contributed by atoms with Crippen molar-refractivity contribution in [2.75, 3.05) is 11.9 Å². The van der Waals surface area contributed by atoms with Gasteiger partial charge in [0.15, 0.2) is 0 Å². The Morgan fingerprint density at radius 1 is 1.40 bits per heavy atom. The average Bonchev–Trinajstić information content (AvgIpc) is 2.15. The first-order chi connectivity index (χ1) is 6.59. The number of halogens is 1. The average molecular weight is 230 g/mol. The van der Waals surface area contributed by atoms with Gasteiger partial charge in [-0.25, -0.2) is 0 Å². The molecule has 0 aliphatic carbocycles. The van der Waals surface area contributed by atoms with E-state index in [4.69, 9.17) is 16.2 Å². The highest BCUT2D eigenvalue weighted by atomic mass is 35.5. The van der Waals surface area contributed by atoms with Gasteiger partial charge in [0.1, 0.15) is 12.4 Å². The van der Waals surface area contributed by atoms with E-state index in [0.717, 1.165) is 0 Å². The number of hydrogen-bond donors (Lipinski definition) is 4. The zero-order valence-corrected chi connectivity index (χ0v) is 8.67. The Hall–Kier alpha value is -1.75. The van der Waals surface area contributed by atoms with Crippen LogP contribution in [0.25, 0.3) is 0 Å². The van der Waals surface area contributed by atoms with Crippen molar-refractivity contribution in [2.45, 2.75) is 0 Å². The van der Waals surface area contributed by atoms with E-state index in [2.05, 4.69) is 5.32 Å². The Labute approximate surface area is 93.2 Å². The monoisotopic (exact) mass is 229 g/mol. The lowest BCUT2D eigenvalue weighted by Crippen LogP contribution is -2.13. The van der Waals surface area contributed by atoms with Gasteiger partial charge in [0.25, 0.3) is 0 Å². The van der Waals surface area contributed by atoms with Crippen LogP contribution in [0, 0.1) is 5.41 Å². The molecule has 1 aromatic carbocycles. The van der Waals surface area contributed by atoms with E-state index in [1.165, 1.54) is 0 Å². The number of benzene rings is 1. The van der Waals surface area contributed by atoms with E-state index in [1.807, 2.05) is 0 Å². The van der Waals surface area contributed by atoms with Crippen molar-refractivity contribution in [1.82, 2.24) is 0 Å². The second-order valence-corrected chi connectivity index (χ2v) is 2.74. The summed E-state index contributed by atoms with van der Waals surface area (Å²) in [6.45, 7) is -0.126. The van der Waals surface area contributed by atoms with Crippen LogP contribution in [0.1, 0.15) is 5.56 Å². The Bertz CT molecular complexity index is 351. The van der Waals surface area contributed by atoms with Crippen LogP contribution >= 0.6 is 12.4 Å². The van der Waals surface area contributed by atoms with E-state index in [9.17, 15) is 4.79 Å². The Morgan fingerprint density at radius 2 is 1.93 bits per heavy atom. The number of aliphatic carboxylic acids is 1. The Morgan fingerprint density at radius 3 is 2.33 bits per heavy atom. The van der Waals surface area contributed by atoms with Crippen LogP contribution in [-0.2, 0) is 4.79 Å². The van der Waals surface area contributed by atoms with Crippen molar-refractivity contribution in [1.29, 1.82) is 5.41 Å². The zero-order valence-electron chi connectivity index (χ0n) is 7.86. The van der Waals surface area contributed by atoms with Crippen LogP contribution in [0.5, 0.6) is 0 Å². The molecule has 0 atom stereocenters. The lowest BCUT2D eigenvalue weighted by molar-refractivity contribution is -0.134. The molecule has 1 rings (SSSR count). The van der Waals surface area contributed by atoms with E-state index < -0.39 is 5.97 Å². The van der Waals surface area contributed by atoms with Crippen molar-refractivity contribution < 1.29 is 9.90 Å². The first-order valence-corrected chi connectivity index (χ1v) is 3.99. The van der Waals surface area contributed by atoms with Crippen molar-refractivity contribution in [3.05, 3.63) is 29.8 Å². The van der Waals surface area contributed by atoms with Gasteiger partial charge in [0, 0.05) is 11.3 Å². The minimum absolute atomic E-state index is 0. The van der Waals surface area contributed by atoms with Gasteiger partial charge < -0.3 is 16.2 Å². The van der Waals surface area contributed by atoms with Gasteiger partial charge >= 0.3 is 5.97 Å². The minimum Gasteiger partial charge on any atom is -0.480 e. The van der Waals surface area contributed by atoms with Crippen molar-refractivity contribution >= 4 is 29.9 Å². The van der Waals surface area contributed by atoms with Crippen LogP contribution in [0.3, 0.4) is 0 Å². The topological polar surface area (TPSA) is 99.2 Å². The molecule has 0 aliphatic heterocycles. The zero-order chi connectivity index (χ0) is 10.6. The van der Waals surface area contributed by atoms with E-state index in [1.54, 1.807) is 24.3 Å². The number of nitrogen functional groups attached to an aromatic ring is 1. The second-order valence-electron chi connectivity index (χ2n) is 2.74. The fourth-order valence-corrected chi connectivity index (χ4v) is 0.945. The molecule has 5 N–H and O–H groups in total. The molecule has 5 nitrogen and oxygen atoms in total. The maximum absolute atomic E-state index is 10.2. The van der Waals surface area contributed by atoms with Crippen LogP contribution < -0.4 is 11.1 Å². The third-order valence-electron chi connectivity index (χ3n) is 1.64. The molecule has 1 aromatic rings. The molecule has 82 valence electrons. The minimum atomic E-state index is -0.916. The molecule has 0 saturated carbocycles. The molecule has 0 spiro atoms. The van der Waals surface area contributed by atoms with E-state index in [0.29, 0.717) is 11.3 Å². The van der Waals surface area contributed by atoms with Crippen LogP contribution in [0.4, 0.5) is 5.69 Å². The number of carbonyl (C=O) groups is 1. The number of rotatable bonds is 4. The summed E-state index contributed by atoms with van der Waals surface area (Å²) in [4.78, 5) is 10.2. The van der Waals surface area contributed by atoms with Crippen molar-refractivity contribution in [2.24, 2.45) is 5.73 Å². The molecule has 0 fully saturated rings. The molecular formula is C9H12ClN3O2. The summed E-state index contributed by atoms with van der Waals surface area (Å²) >= 11 is 0. The highest BCUT2D eigenvalue weighted by Crippen LogP contribution is 2.08. The summed E-state index contributed by atoms with van der Waals surface area (Å²) in [7, 11) is 0. The van der Waals surface area contributed by atoms with Gasteiger partial charge in [-0.15, -0.1) is 12.4 Å². The fourth-order valence-electron chi connectivity index (χ4n) is 0.945. The molecule has 0 aromatic heterocycles. The second kappa shape index (κ2) is 5.87. The number of hydrogen-bond acceptors (Lipinski definition) is 3. The summed E-state index contributed by atoms with van der Waals surface area (Å²) in [5.41, 5.74) is 6.56. The van der Waals surface area contributed by atoms with Gasteiger partial charge in [-0.1, -0.05) is 0 Å². The third kappa shape index (κ3) is 4.33. The van der Waals surface area contributed by atoms with E-state index in [-0.39, 0.29) is 24.8 Å². The molecule has 0 heterocycles. The Kier molecular flexibility index (Phi) is 5.19. The van der Waals surface area contributed by atoms with Gasteiger partial charge in [-0.05, 0) is 24.3 Å². The lowest BCUT2D eigenvalue weighted by atomic mass is 10.2. The van der Waals surface area contributed by atoms with E-state index >= 15 is 0 Å². The molecule has 0 aliphatic rings. The van der Waals surface area contributed by atoms with Crippen molar-refractivity contribution in [3.8, 4) is 0 Å². The molecule has 0 unspecified atom stereocenters. The summed E-state index contributed by atoms with van der Waals surface area (Å²) in [6.07, 6.45) is 0. The molecule has 0 amide bonds. The largest absolute Gasteiger partial charge is 0.480 e. The third-order valence-corrected chi connectivity index (χ3v) is 1.64. The fraction of sp³-hybridized carbons (Fsp3) is 0.111. The van der Waals surface area contributed by atoms with Gasteiger partial charge in [0.2, 0.25) is 0 Å². The smallest absolute Gasteiger partial charge is 0.322 e. The van der Waals surface area contributed by atoms with Gasteiger partial charge in [0.05, 0.1) is 0 Å². The summed E-state index contributed by atoms with van der Waals surface area (Å²) in [6, 6.07) is 6.68. The molecule has 0 saturated heterocycles. The standard InChI is InChI=1S/C9H11N3O2.ClH/c10-9(11)6-1-3-7(4-2-6)12-5-8(13)14;/h1-4,12H,5H2,(H3,10,11)(H,13,14);1H. The highest BCUT2D eigenvalue weighted by molar-refractivity contribution is 5.95. The number of anilines is 1. The van der Waals surface area contributed by atoms with Crippen LogP contribution in [0.15, 0.2) is 24.3 Å².